The predicted octanol–water partition coefficient (Wildman–Crippen LogP) is 0.420. The molecular formula is C14H20FN3O2. The van der Waals surface area contributed by atoms with Gasteiger partial charge in [0.1, 0.15) is 5.82 Å². The number of hydrogen-bond acceptors (Lipinski definition) is 4. The van der Waals surface area contributed by atoms with E-state index in [2.05, 4.69) is 10.6 Å². The highest BCUT2D eigenvalue weighted by Crippen LogP contribution is 2.15. The zero-order chi connectivity index (χ0) is 14.6. The zero-order valence-corrected chi connectivity index (χ0v) is 11.5. The summed E-state index contributed by atoms with van der Waals surface area (Å²) in [6.07, 6.45) is 0.683. The first-order valence-corrected chi connectivity index (χ1v) is 6.64. The topological polar surface area (TPSA) is 64.6 Å². The second kappa shape index (κ2) is 6.30. The van der Waals surface area contributed by atoms with Crippen molar-refractivity contribution in [2.45, 2.75) is 12.0 Å². The van der Waals surface area contributed by atoms with Gasteiger partial charge < -0.3 is 15.7 Å². The molecular weight excluding hydrogens is 261 g/mol. The number of carbonyl (C=O) groups is 1. The number of aliphatic hydroxyl groups is 1. The van der Waals surface area contributed by atoms with Crippen molar-refractivity contribution in [3.63, 3.8) is 0 Å². The number of hydrogen-bond donors (Lipinski definition) is 3. The van der Waals surface area contributed by atoms with Gasteiger partial charge in [-0.1, -0.05) is 6.07 Å². The molecule has 5 nitrogen and oxygen atoms in total. The molecule has 2 rings (SSSR count). The van der Waals surface area contributed by atoms with Gasteiger partial charge in [-0.2, -0.15) is 0 Å². The highest BCUT2D eigenvalue weighted by Gasteiger charge is 2.32. The van der Waals surface area contributed by atoms with Gasteiger partial charge in [0, 0.05) is 18.8 Å². The summed E-state index contributed by atoms with van der Waals surface area (Å²) in [5, 5.41) is 15.9. The molecule has 110 valence electrons. The van der Waals surface area contributed by atoms with Gasteiger partial charge in [0.05, 0.1) is 12.1 Å². The average molecular weight is 281 g/mol. The van der Waals surface area contributed by atoms with Crippen LogP contribution in [0.25, 0.3) is 0 Å². The molecule has 1 aromatic rings. The van der Waals surface area contributed by atoms with Crippen molar-refractivity contribution >= 4 is 11.6 Å². The van der Waals surface area contributed by atoms with Gasteiger partial charge in [-0.3, -0.25) is 9.69 Å². The van der Waals surface area contributed by atoms with E-state index in [0.29, 0.717) is 25.2 Å². The monoisotopic (exact) mass is 281 g/mol. The summed E-state index contributed by atoms with van der Waals surface area (Å²) in [5.41, 5.74) is -0.335. The summed E-state index contributed by atoms with van der Waals surface area (Å²) in [5.74, 6) is -0.616. The number of nitrogens with zero attached hydrogens (tertiary/aromatic N) is 1. The third-order valence-electron chi connectivity index (χ3n) is 3.31. The second-order valence-electron chi connectivity index (χ2n) is 5.38. The fourth-order valence-electron chi connectivity index (χ4n) is 2.44. The first-order valence-electron chi connectivity index (χ1n) is 6.64. The second-order valence-corrected chi connectivity index (χ2v) is 5.38. The van der Waals surface area contributed by atoms with Gasteiger partial charge >= 0.3 is 0 Å². The fraction of sp³-hybridized carbons (Fsp3) is 0.500. The molecule has 0 spiro atoms. The van der Waals surface area contributed by atoms with E-state index in [1.165, 1.54) is 12.1 Å². The highest BCUT2D eigenvalue weighted by molar-refractivity contribution is 5.92. The van der Waals surface area contributed by atoms with Gasteiger partial charge in [0.2, 0.25) is 5.91 Å². The molecule has 1 aliphatic rings. The standard InChI is InChI=1S/C14H20FN3O2/c1-18(10-14(20)5-6-16-9-14)8-13(19)17-12-4-2-3-11(15)7-12/h2-4,7,16,20H,5-6,8-10H2,1H3,(H,17,19). The maximum absolute atomic E-state index is 13.0. The molecule has 6 heteroatoms. The Balaban J connectivity index is 1.82. The van der Waals surface area contributed by atoms with Crippen LogP contribution in [0, 0.1) is 5.82 Å². The molecule has 3 N–H and O–H groups in total. The Hall–Kier alpha value is -1.50. The van der Waals surface area contributed by atoms with Crippen LogP contribution >= 0.6 is 0 Å². The average Bonchev–Trinajstić information content (AvgIpc) is 2.74. The Kier molecular flexibility index (Phi) is 4.69. The normalized spacial score (nSPS) is 22.2. The van der Waals surface area contributed by atoms with E-state index in [-0.39, 0.29) is 18.3 Å². The minimum Gasteiger partial charge on any atom is -0.387 e. The van der Waals surface area contributed by atoms with E-state index in [1.807, 2.05) is 0 Å². The molecule has 1 atom stereocenters. The quantitative estimate of drug-likeness (QED) is 0.732. The molecule has 0 bridgehead atoms. The van der Waals surface area contributed by atoms with E-state index >= 15 is 0 Å². The van der Waals surface area contributed by atoms with Gasteiger partial charge in [-0.15, -0.1) is 0 Å². The lowest BCUT2D eigenvalue weighted by Crippen LogP contribution is -2.45. The van der Waals surface area contributed by atoms with Crippen LogP contribution in [-0.2, 0) is 4.79 Å². The minimum atomic E-state index is -0.770. The number of β-amino-alcohol motifs (C(OH)–C–C–N with tert-alkyl or cyclic N) is 1. The largest absolute Gasteiger partial charge is 0.387 e. The highest BCUT2D eigenvalue weighted by atomic mass is 19.1. The molecule has 0 radical (unpaired) electrons. The Morgan fingerprint density at radius 2 is 2.40 bits per heavy atom. The zero-order valence-electron chi connectivity index (χ0n) is 11.5. The molecule has 20 heavy (non-hydrogen) atoms. The van der Waals surface area contributed by atoms with Crippen molar-refractivity contribution in [3.05, 3.63) is 30.1 Å². The molecule has 0 aliphatic carbocycles. The Labute approximate surface area is 117 Å². The maximum atomic E-state index is 13.0. The van der Waals surface area contributed by atoms with Gasteiger partial charge in [-0.05, 0) is 38.2 Å². The molecule has 1 amide bonds. The van der Waals surface area contributed by atoms with Crippen molar-refractivity contribution < 1.29 is 14.3 Å². The summed E-state index contributed by atoms with van der Waals surface area (Å²) in [6.45, 7) is 1.91. The van der Waals surface area contributed by atoms with Crippen LogP contribution in [0.15, 0.2) is 24.3 Å². The van der Waals surface area contributed by atoms with Crippen LogP contribution in [0.3, 0.4) is 0 Å². The molecule has 1 aliphatic heterocycles. The molecule has 1 aromatic carbocycles. The van der Waals surface area contributed by atoms with Crippen molar-refractivity contribution in [1.29, 1.82) is 0 Å². The summed E-state index contributed by atoms with van der Waals surface area (Å²) in [7, 11) is 1.78. The van der Waals surface area contributed by atoms with Gasteiger partial charge in [-0.25, -0.2) is 4.39 Å². The van der Waals surface area contributed by atoms with Crippen LogP contribution in [0.1, 0.15) is 6.42 Å². The fourth-order valence-corrected chi connectivity index (χ4v) is 2.44. The molecule has 1 unspecified atom stereocenters. The van der Waals surface area contributed by atoms with Crippen molar-refractivity contribution in [2.24, 2.45) is 0 Å². The van der Waals surface area contributed by atoms with Crippen molar-refractivity contribution in [2.75, 3.05) is 38.5 Å². The number of likely N-dealkylation sites (N-methyl/N-ethyl adjacent to an activating group) is 1. The first kappa shape index (κ1) is 14.9. The summed E-state index contributed by atoms with van der Waals surface area (Å²) in [4.78, 5) is 13.6. The van der Waals surface area contributed by atoms with Crippen molar-refractivity contribution in [3.8, 4) is 0 Å². The van der Waals surface area contributed by atoms with E-state index in [4.69, 9.17) is 0 Å². The predicted molar refractivity (Wildman–Crippen MR) is 75.0 cm³/mol. The molecule has 0 aromatic heterocycles. The Bertz CT molecular complexity index is 475. The van der Waals surface area contributed by atoms with Crippen LogP contribution in [-0.4, -0.2) is 54.7 Å². The number of rotatable bonds is 5. The molecule has 1 fully saturated rings. The number of amides is 1. The lowest BCUT2D eigenvalue weighted by Gasteiger charge is -2.27. The van der Waals surface area contributed by atoms with E-state index in [0.717, 1.165) is 6.54 Å². The summed E-state index contributed by atoms with van der Waals surface area (Å²) < 4.78 is 13.0. The Morgan fingerprint density at radius 1 is 1.60 bits per heavy atom. The van der Waals surface area contributed by atoms with E-state index in [9.17, 15) is 14.3 Å². The molecule has 1 heterocycles. The first-order chi connectivity index (χ1) is 9.47. The lowest BCUT2D eigenvalue weighted by molar-refractivity contribution is -0.117. The van der Waals surface area contributed by atoms with Crippen LogP contribution in [0.4, 0.5) is 10.1 Å². The SMILES string of the molecule is CN(CC(=O)Nc1cccc(F)c1)CC1(O)CCNC1. The van der Waals surface area contributed by atoms with Gasteiger partial charge in [0.25, 0.3) is 0 Å². The number of halogens is 1. The number of nitrogens with one attached hydrogen (secondary N) is 2. The van der Waals surface area contributed by atoms with E-state index in [1.54, 1.807) is 24.1 Å². The van der Waals surface area contributed by atoms with Gasteiger partial charge in [0.15, 0.2) is 0 Å². The minimum absolute atomic E-state index is 0.152. The smallest absolute Gasteiger partial charge is 0.238 e. The summed E-state index contributed by atoms with van der Waals surface area (Å²) >= 11 is 0. The van der Waals surface area contributed by atoms with Crippen molar-refractivity contribution in [1.82, 2.24) is 10.2 Å². The van der Waals surface area contributed by atoms with Crippen LogP contribution < -0.4 is 10.6 Å². The Morgan fingerprint density at radius 3 is 3.05 bits per heavy atom. The van der Waals surface area contributed by atoms with E-state index < -0.39 is 5.60 Å². The summed E-state index contributed by atoms with van der Waals surface area (Å²) in [6, 6.07) is 5.77. The third kappa shape index (κ3) is 4.26. The molecule has 1 saturated heterocycles. The lowest BCUT2D eigenvalue weighted by atomic mass is 10.0. The number of anilines is 1. The third-order valence-corrected chi connectivity index (χ3v) is 3.31. The number of carbonyl (C=O) groups excluding carboxylic acids is 1. The van der Waals surface area contributed by atoms with Crippen LogP contribution in [0.2, 0.25) is 0 Å². The maximum Gasteiger partial charge on any atom is 0.238 e. The van der Waals surface area contributed by atoms with Crippen LogP contribution in [0.5, 0.6) is 0 Å². The number of benzene rings is 1. The molecule has 0 saturated carbocycles.